The van der Waals surface area contributed by atoms with E-state index in [9.17, 15) is 4.79 Å². The lowest BCUT2D eigenvalue weighted by molar-refractivity contribution is -0.116. The zero-order valence-electron chi connectivity index (χ0n) is 9.77. The number of rotatable bonds is 4. The maximum absolute atomic E-state index is 11.8. The molecule has 94 valence electrons. The highest BCUT2D eigenvalue weighted by Crippen LogP contribution is 2.21. The molecule has 1 aromatic heterocycles. The Balaban J connectivity index is 1.99. The van der Waals surface area contributed by atoms with E-state index < -0.39 is 0 Å². The molecular weight excluding hydrogens is 294 g/mol. The van der Waals surface area contributed by atoms with E-state index in [0.29, 0.717) is 6.54 Å². The van der Waals surface area contributed by atoms with Gasteiger partial charge in [-0.2, -0.15) is 0 Å². The first-order valence-electron chi connectivity index (χ1n) is 5.58. The monoisotopic (exact) mass is 307 g/mol. The highest BCUT2D eigenvalue weighted by molar-refractivity contribution is 9.10. The molecule has 5 heteroatoms. The number of carbonyl (C=O) groups excluding carboxylic acids is 1. The molecule has 0 aliphatic rings. The van der Waals surface area contributed by atoms with Crippen LogP contribution in [-0.2, 0) is 17.9 Å². The highest BCUT2D eigenvalue weighted by atomic mass is 79.9. The molecule has 2 rings (SSSR count). The number of benzene rings is 1. The minimum atomic E-state index is -0.0685. The molecule has 2 aromatic rings. The molecule has 1 amide bonds. The van der Waals surface area contributed by atoms with Crippen molar-refractivity contribution in [2.75, 3.05) is 5.32 Å². The van der Waals surface area contributed by atoms with E-state index in [1.807, 2.05) is 47.3 Å². The average molecular weight is 308 g/mol. The molecule has 3 N–H and O–H groups in total. The minimum Gasteiger partial charge on any atom is -0.345 e. The zero-order chi connectivity index (χ0) is 13.0. The summed E-state index contributed by atoms with van der Waals surface area (Å²) >= 11 is 3.39. The van der Waals surface area contributed by atoms with Crippen molar-refractivity contribution < 1.29 is 4.79 Å². The van der Waals surface area contributed by atoms with E-state index in [4.69, 9.17) is 5.73 Å². The molecule has 0 fully saturated rings. The van der Waals surface area contributed by atoms with Gasteiger partial charge < -0.3 is 15.6 Å². The van der Waals surface area contributed by atoms with E-state index in [1.165, 1.54) is 0 Å². The maximum Gasteiger partial charge on any atom is 0.244 e. The maximum atomic E-state index is 11.8. The molecule has 0 saturated carbocycles. The van der Waals surface area contributed by atoms with Crippen molar-refractivity contribution >= 4 is 27.5 Å². The summed E-state index contributed by atoms with van der Waals surface area (Å²) in [5.74, 6) is -0.0685. The van der Waals surface area contributed by atoms with E-state index in [1.54, 1.807) is 0 Å². The number of nitrogens with two attached hydrogens (primary N) is 1. The van der Waals surface area contributed by atoms with Gasteiger partial charge in [-0.1, -0.05) is 12.1 Å². The second-order valence-corrected chi connectivity index (χ2v) is 4.78. The van der Waals surface area contributed by atoms with Crippen LogP contribution < -0.4 is 11.1 Å². The molecule has 0 aliphatic heterocycles. The van der Waals surface area contributed by atoms with Gasteiger partial charge in [-0.15, -0.1) is 0 Å². The number of carbonyl (C=O) groups is 1. The minimum absolute atomic E-state index is 0.0685. The van der Waals surface area contributed by atoms with Crippen LogP contribution in [0.25, 0.3) is 0 Å². The largest absolute Gasteiger partial charge is 0.345 e. The van der Waals surface area contributed by atoms with Crippen LogP contribution in [0.5, 0.6) is 0 Å². The Morgan fingerprint density at radius 1 is 1.33 bits per heavy atom. The van der Waals surface area contributed by atoms with E-state index in [0.717, 1.165) is 15.7 Å². The summed E-state index contributed by atoms with van der Waals surface area (Å²) in [6.07, 6.45) is 3.72. The van der Waals surface area contributed by atoms with Gasteiger partial charge in [0, 0.05) is 23.4 Å². The van der Waals surface area contributed by atoms with Crippen LogP contribution in [0.15, 0.2) is 47.2 Å². The molecule has 1 heterocycles. The number of aromatic nitrogens is 1. The van der Waals surface area contributed by atoms with Crippen LogP contribution in [0.4, 0.5) is 5.69 Å². The topological polar surface area (TPSA) is 60.0 Å². The van der Waals surface area contributed by atoms with Crippen molar-refractivity contribution in [3.05, 3.63) is 52.8 Å². The van der Waals surface area contributed by atoms with Crippen LogP contribution in [0.1, 0.15) is 5.56 Å². The van der Waals surface area contributed by atoms with Crippen molar-refractivity contribution in [2.24, 2.45) is 5.73 Å². The van der Waals surface area contributed by atoms with E-state index in [2.05, 4.69) is 21.2 Å². The normalized spacial score (nSPS) is 10.3. The van der Waals surface area contributed by atoms with Gasteiger partial charge in [0.15, 0.2) is 0 Å². The fourth-order valence-corrected chi connectivity index (χ4v) is 2.01. The number of nitrogens with zero attached hydrogens (tertiary/aromatic N) is 1. The van der Waals surface area contributed by atoms with Gasteiger partial charge in [0.1, 0.15) is 6.54 Å². The predicted octanol–water partition coefficient (Wildman–Crippen LogP) is 2.35. The Morgan fingerprint density at radius 2 is 2.11 bits per heavy atom. The summed E-state index contributed by atoms with van der Waals surface area (Å²) < 4.78 is 2.68. The lowest BCUT2D eigenvalue weighted by Crippen LogP contribution is -2.18. The zero-order valence-corrected chi connectivity index (χ0v) is 11.4. The number of anilines is 1. The Labute approximate surface area is 114 Å². The molecule has 4 nitrogen and oxygen atoms in total. The summed E-state index contributed by atoms with van der Waals surface area (Å²) in [6, 6.07) is 9.42. The smallest absolute Gasteiger partial charge is 0.244 e. The number of para-hydroxylation sites is 1. The first-order valence-corrected chi connectivity index (χ1v) is 6.37. The van der Waals surface area contributed by atoms with Crippen LogP contribution in [0, 0.1) is 0 Å². The van der Waals surface area contributed by atoms with Crippen LogP contribution in [0.2, 0.25) is 0 Å². The standard InChI is InChI=1S/C13H14BrN3O/c14-11-3-1-2-4-12(11)16-13(18)9-17-6-5-10(7-15)8-17/h1-6,8H,7,9,15H2,(H,16,18). The molecule has 18 heavy (non-hydrogen) atoms. The first-order chi connectivity index (χ1) is 8.69. The van der Waals surface area contributed by atoms with E-state index >= 15 is 0 Å². The molecule has 0 aliphatic carbocycles. The van der Waals surface area contributed by atoms with Crippen molar-refractivity contribution in [1.29, 1.82) is 0 Å². The molecule has 0 atom stereocenters. The number of nitrogens with one attached hydrogen (secondary N) is 1. The third-order valence-corrected chi connectivity index (χ3v) is 3.21. The second-order valence-electron chi connectivity index (χ2n) is 3.92. The van der Waals surface area contributed by atoms with Crippen LogP contribution in [-0.4, -0.2) is 10.5 Å². The number of halogens is 1. The number of hydrogen-bond acceptors (Lipinski definition) is 2. The lowest BCUT2D eigenvalue weighted by Gasteiger charge is -2.07. The molecule has 0 spiro atoms. The number of hydrogen-bond donors (Lipinski definition) is 2. The summed E-state index contributed by atoms with van der Waals surface area (Å²) in [5.41, 5.74) is 7.31. The van der Waals surface area contributed by atoms with E-state index in [-0.39, 0.29) is 12.5 Å². The van der Waals surface area contributed by atoms with Gasteiger partial charge >= 0.3 is 0 Å². The Hall–Kier alpha value is -1.59. The SMILES string of the molecule is NCc1ccn(CC(=O)Nc2ccccc2Br)c1. The van der Waals surface area contributed by atoms with Crippen LogP contribution >= 0.6 is 15.9 Å². The van der Waals surface area contributed by atoms with Gasteiger partial charge in [-0.3, -0.25) is 4.79 Å². The molecule has 1 aromatic carbocycles. The van der Waals surface area contributed by atoms with Gasteiger partial charge in [0.25, 0.3) is 0 Å². The lowest BCUT2D eigenvalue weighted by atomic mass is 10.3. The number of amides is 1. The Bertz CT molecular complexity index is 551. The second kappa shape index (κ2) is 5.84. The van der Waals surface area contributed by atoms with Gasteiger partial charge in [-0.25, -0.2) is 0 Å². The van der Waals surface area contributed by atoms with Gasteiger partial charge in [0.05, 0.1) is 5.69 Å². The summed E-state index contributed by atoms with van der Waals surface area (Å²) in [4.78, 5) is 11.8. The third-order valence-electron chi connectivity index (χ3n) is 2.52. The van der Waals surface area contributed by atoms with Crippen molar-refractivity contribution in [3.63, 3.8) is 0 Å². The highest BCUT2D eigenvalue weighted by Gasteiger charge is 2.05. The first kappa shape index (κ1) is 12.9. The fourth-order valence-electron chi connectivity index (χ4n) is 1.63. The third kappa shape index (κ3) is 3.21. The summed E-state index contributed by atoms with van der Waals surface area (Å²) in [6.45, 7) is 0.764. The Kier molecular flexibility index (Phi) is 4.17. The molecule has 0 radical (unpaired) electrons. The van der Waals surface area contributed by atoms with Crippen molar-refractivity contribution in [3.8, 4) is 0 Å². The molecule has 0 saturated heterocycles. The summed E-state index contributed by atoms with van der Waals surface area (Å²) in [7, 11) is 0. The predicted molar refractivity (Wildman–Crippen MR) is 75.1 cm³/mol. The van der Waals surface area contributed by atoms with Crippen LogP contribution in [0.3, 0.4) is 0 Å². The van der Waals surface area contributed by atoms with Crippen molar-refractivity contribution in [2.45, 2.75) is 13.1 Å². The fraction of sp³-hybridized carbons (Fsp3) is 0.154. The summed E-state index contributed by atoms with van der Waals surface area (Å²) in [5, 5.41) is 2.85. The van der Waals surface area contributed by atoms with Gasteiger partial charge in [0.2, 0.25) is 5.91 Å². The molecular formula is C13H14BrN3O. The molecule has 0 bridgehead atoms. The average Bonchev–Trinajstić information content (AvgIpc) is 2.80. The quantitative estimate of drug-likeness (QED) is 0.911. The van der Waals surface area contributed by atoms with Crippen molar-refractivity contribution in [1.82, 2.24) is 4.57 Å². The Morgan fingerprint density at radius 3 is 2.78 bits per heavy atom. The molecule has 0 unspecified atom stereocenters. The van der Waals surface area contributed by atoms with Gasteiger partial charge in [-0.05, 0) is 39.7 Å².